The van der Waals surface area contributed by atoms with E-state index in [-0.39, 0.29) is 37.8 Å². The number of anilines is 1. The maximum Gasteiger partial charge on any atom is 0.247 e. The van der Waals surface area contributed by atoms with Crippen LogP contribution in [-0.4, -0.2) is 71.9 Å². The average molecular weight is 571 g/mol. The molecule has 1 fully saturated rings. The number of benzene rings is 3. The summed E-state index contributed by atoms with van der Waals surface area (Å²) < 4.78 is 18.4. The second-order valence-electron chi connectivity index (χ2n) is 10.7. The molecule has 1 saturated heterocycles. The standard InChI is InChI=1S/C31H34N6O5/c1-35(2)23-12-10-22(11-13-23)30(31(39)32-17-24-6-5-15-40-24)36(18-21-9-14-27-28(16-21)42-20-41-27)29(38)19-37-26-8-4-3-7-25(26)33-34-37/h3-4,7-14,16,24,30H,5-6,15,17-20H2,1-2H3,(H,32,39)/t24-,30-/m1/s1. The molecule has 2 aliphatic rings. The second kappa shape index (κ2) is 12.1. The van der Waals surface area contributed by atoms with Crippen LogP contribution in [-0.2, 0) is 27.4 Å². The van der Waals surface area contributed by atoms with Crippen molar-refractivity contribution in [2.75, 3.05) is 38.9 Å². The van der Waals surface area contributed by atoms with Crippen molar-refractivity contribution < 1.29 is 23.8 Å². The van der Waals surface area contributed by atoms with Gasteiger partial charge in [0.1, 0.15) is 18.1 Å². The molecular formula is C31H34N6O5. The van der Waals surface area contributed by atoms with Gasteiger partial charge in [0.2, 0.25) is 18.6 Å². The van der Waals surface area contributed by atoms with Crippen molar-refractivity contribution in [3.8, 4) is 11.5 Å². The van der Waals surface area contributed by atoms with Crippen LogP contribution in [0.3, 0.4) is 0 Å². The van der Waals surface area contributed by atoms with Gasteiger partial charge in [0.25, 0.3) is 0 Å². The van der Waals surface area contributed by atoms with Gasteiger partial charge in [0, 0.05) is 39.5 Å². The summed E-state index contributed by atoms with van der Waals surface area (Å²) in [5.41, 5.74) is 3.92. The zero-order valence-electron chi connectivity index (χ0n) is 23.7. The topological polar surface area (TPSA) is 111 Å². The van der Waals surface area contributed by atoms with Crippen LogP contribution < -0.4 is 19.7 Å². The number of ether oxygens (including phenoxy) is 3. The lowest BCUT2D eigenvalue weighted by atomic mass is 10.0. The van der Waals surface area contributed by atoms with Gasteiger partial charge in [-0.2, -0.15) is 0 Å². The molecule has 0 saturated carbocycles. The third-order valence-electron chi connectivity index (χ3n) is 7.63. The number of carbonyl (C=O) groups excluding carboxylic acids is 2. The molecule has 0 aliphatic carbocycles. The van der Waals surface area contributed by atoms with Crippen LogP contribution in [0.5, 0.6) is 11.5 Å². The number of amides is 2. The van der Waals surface area contributed by atoms with E-state index in [1.165, 1.54) is 0 Å². The van der Waals surface area contributed by atoms with Gasteiger partial charge in [-0.3, -0.25) is 9.59 Å². The summed E-state index contributed by atoms with van der Waals surface area (Å²) in [4.78, 5) is 31.8. The van der Waals surface area contributed by atoms with Crippen molar-refractivity contribution in [1.82, 2.24) is 25.2 Å². The summed E-state index contributed by atoms with van der Waals surface area (Å²) in [6, 6.07) is 19.8. The highest BCUT2D eigenvalue weighted by molar-refractivity contribution is 5.89. The van der Waals surface area contributed by atoms with Gasteiger partial charge in [-0.15, -0.1) is 5.10 Å². The fraction of sp³-hybridized carbons (Fsp3) is 0.355. The molecule has 6 rings (SSSR count). The van der Waals surface area contributed by atoms with E-state index in [0.29, 0.717) is 35.7 Å². The molecular weight excluding hydrogens is 536 g/mol. The number of nitrogens with zero attached hydrogens (tertiary/aromatic N) is 5. The Morgan fingerprint density at radius 2 is 1.86 bits per heavy atom. The van der Waals surface area contributed by atoms with Crippen molar-refractivity contribution in [2.45, 2.75) is 38.1 Å². The zero-order chi connectivity index (χ0) is 29.1. The molecule has 0 unspecified atom stereocenters. The van der Waals surface area contributed by atoms with E-state index in [0.717, 1.165) is 29.6 Å². The van der Waals surface area contributed by atoms with Gasteiger partial charge in [-0.25, -0.2) is 4.68 Å². The molecule has 0 spiro atoms. The van der Waals surface area contributed by atoms with Gasteiger partial charge in [0.05, 0.1) is 11.6 Å². The maximum atomic E-state index is 14.2. The SMILES string of the molecule is CN(C)c1ccc([C@H](C(=O)NC[C@H]2CCCO2)N(Cc2ccc3c(c2)OCO3)C(=O)Cn2nnc3ccccc32)cc1. The van der Waals surface area contributed by atoms with Crippen LogP contribution in [0.2, 0.25) is 0 Å². The van der Waals surface area contributed by atoms with Gasteiger partial charge in [-0.05, 0) is 60.4 Å². The van der Waals surface area contributed by atoms with Crippen LogP contribution in [0.4, 0.5) is 5.69 Å². The third kappa shape index (κ3) is 5.87. The molecule has 11 nitrogen and oxygen atoms in total. The Labute approximate surface area is 243 Å². The van der Waals surface area contributed by atoms with E-state index in [9.17, 15) is 9.59 Å². The van der Waals surface area contributed by atoms with Crippen molar-refractivity contribution in [3.05, 3.63) is 77.9 Å². The number of hydrogen-bond acceptors (Lipinski definition) is 8. The molecule has 4 aromatic rings. The fourth-order valence-corrected chi connectivity index (χ4v) is 5.36. The normalized spacial score (nSPS) is 16.4. The lowest BCUT2D eigenvalue weighted by molar-refractivity contribution is -0.142. The summed E-state index contributed by atoms with van der Waals surface area (Å²) in [6.45, 7) is 1.29. The molecule has 11 heteroatoms. The number of aromatic nitrogens is 3. The maximum absolute atomic E-state index is 14.2. The van der Waals surface area contributed by atoms with Gasteiger partial charge in [0.15, 0.2) is 11.5 Å². The molecule has 0 bridgehead atoms. The highest BCUT2D eigenvalue weighted by Gasteiger charge is 2.33. The number of nitrogens with one attached hydrogen (secondary N) is 1. The van der Waals surface area contributed by atoms with E-state index in [1.54, 1.807) is 9.58 Å². The van der Waals surface area contributed by atoms with E-state index >= 15 is 0 Å². The van der Waals surface area contributed by atoms with Crippen LogP contribution in [0.25, 0.3) is 11.0 Å². The number of rotatable bonds is 10. The quantitative estimate of drug-likeness (QED) is 0.309. The van der Waals surface area contributed by atoms with Crippen molar-refractivity contribution >= 4 is 28.5 Å². The van der Waals surface area contributed by atoms with Crippen LogP contribution in [0, 0.1) is 0 Å². The number of fused-ring (bicyclic) bond motifs is 2. The summed E-state index contributed by atoms with van der Waals surface area (Å²) in [5.74, 6) is 0.700. The molecule has 218 valence electrons. The Morgan fingerprint density at radius 3 is 2.64 bits per heavy atom. The Bertz CT molecular complexity index is 1560. The molecule has 3 aromatic carbocycles. The summed E-state index contributed by atoms with van der Waals surface area (Å²) in [5, 5.41) is 11.5. The van der Waals surface area contributed by atoms with E-state index in [2.05, 4.69) is 15.6 Å². The Morgan fingerprint density at radius 1 is 1.05 bits per heavy atom. The molecule has 1 aromatic heterocycles. The summed E-state index contributed by atoms with van der Waals surface area (Å²) in [7, 11) is 3.91. The molecule has 2 atom stereocenters. The fourth-order valence-electron chi connectivity index (χ4n) is 5.36. The van der Waals surface area contributed by atoms with E-state index in [4.69, 9.17) is 14.2 Å². The molecule has 1 N–H and O–H groups in total. The highest BCUT2D eigenvalue weighted by atomic mass is 16.7. The second-order valence-corrected chi connectivity index (χ2v) is 10.7. The molecule has 2 amide bonds. The minimum absolute atomic E-state index is 0.0368. The minimum atomic E-state index is -0.907. The average Bonchev–Trinajstić information content (AvgIpc) is 3.78. The number of carbonyl (C=O) groups is 2. The predicted octanol–water partition coefficient (Wildman–Crippen LogP) is 3.29. The van der Waals surface area contributed by atoms with Crippen LogP contribution in [0.15, 0.2) is 66.7 Å². The first kappa shape index (κ1) is 27.5. The monoisotopic (exact) mass is 570 g/mol. The van der Waals surface area contributed by atoms with Crippen molar-refractivity contribution in [2.24, 2.45) is 0 Å². The summed E-state index contributed by atoms with van der Waals surface area (Å²) in [6.07, 6.45) is 1.82. The first-order chi connectivity index (χ1) is 20.5. The third-order valence-corrected chi connectivity index (χ3v) is 7.63. The summed E-state index contributed by atoms with van der Waals surface area (Å²) >= 11 is 0. The number of para-hydroxylation sites is 1. The largest absolute Gasteiger partial charge is 0.454 e. The first-order valence-electron chi connectivity index (χ1n) is 14.1. The van der Waals surface area contributed by atoms with E-state index in [1.807, 2.05) is 85.7 Å². The van der Waals surface area contributed by atoms with Crippen molar-refractivity contribution in [3.63, 3.8) is 0 Å². The Kier molecular flexibility index (Phi) is 7.91. The van der Waals surface area contributed by atoms with Gasteiger partial charge >= 0.3 is 0 Å². The zero-order valence-corrected chi connectivity index (χ0v) is 23.7. The number of hydrogen-bond donors (Lipinski definition) is 1. The first-order valence-corrected chi connectivity index (χ1v) is 14.1. The Hall–Kier alpha value is -4.64. The molecule has 0 radical (unpaired) electrons. The molecule has 42 heavy (non-hydrogen) atoms. The van der Waals surface area contributed by atoms with Crippen LogP contribution in [0.1, 0.15) is 30.0 Å². The van der Waals surface area contributed by atoms with Gasteiger partial charge < -0.3 is 29.3 Å². The Balaban J connectivity index is 1.36. The minimum Gasteiger partial charge on any atom is -0.454 e. The lowest BCUT2D eigenvalue weighted by Gasteiger charge is -2.32. The smallest absolute Gasteiger partial charge is 0.247 e. The molecule has 3 heterocycles. The lowest BCUT2D eigenvalue weighted by Crippen LogP contribution is -2.46. The molecule has 2 aliphatic heterocycles. The van der Waals surface area contributed by atoms with Gasteiger partial charge in [-0.1, -0.05) is 35.5 Å². The van der Waals surface area contributed by atoms with Crippen LogP contribution >= 0.6 is 0 Å². The highest BCUT2D eigenvalue weighted by Crippen LogP contribution is 2.34. The van der Waals surface area contributed by atoms with E-state index < -0.39 is 6.04 Å². The predicted molar refractivity (Wildman–Crippen MR) is 156 cm³/mol. The van der Waals surface area contributed by atoms with Crippen molar-refractivity contribution in [1.29, 1.82) is 0 Å².